The number of imidazole rings is 1. The molecule has 1 aromatic heterocycles. The van der Waals surface area contributed by atoms with Gasteiger partial charge in [0, 0.05) is 23.6 Å². The van der Waals surface area contributed by atoms with Crippen molar-refractivity contribution in [3.05, 3.63) is 41.0 Å². The van der Waals surface area contributed by atoms with E-state index in [-0.39, 0.29) is 0 Å². The van der Waals surface area contributed by atoms with Gasteiger partial charge in [-0.25, -0.2) is 4.98 Å². The molecule has 1 aromatic carbocycles. The highest BCUT2D eigenvalue weighted by molar-refractivity contribution is 5.60. The lowest BCUT2D eigenvalue weighted by molar-refractivity contribution is 0.940. The molecule has 1 N–H and O–H groups in total. The van der Waals surface area contributed by atoms with Crippen molar-refractivity contribution >= 4 is 5.69 Å². The van der Waals surface area contributed by atoms with E-state index in [1.807, 2.05) is 0 Å². The number of aryl methyl sites for hydroxylation is 2. The smallest absolute Gasteiger partial charge is 0.110 e. The Morgan fingerprint density at radius 1 is 1.24 bits per heavy atom. The quantitative estimate of drug-likeness (QED) is 0.812. The molecule has 3 heteroatoms. The Balaban J connectivity index is 2.15. The highest BCUT2D eigenvalue weighted by atomic mass is 15.1. The van der Waals surface area contributed by atoms with Gasteiger partial charge in [-0.3, -0.25) is 0 Å². The monoisotopic (exact) mass is 227 g/mol. The van der Waals surface area contributed by atoms with Crippen LogP contribution in [0.25, 0.3) is 5.69 Å². The van der Waals surface area contributed by atoms with Gasteiger partial charge in [-0.2, -0.15) is 0 Å². The van der Waals surface area contributed by atoms with Crippen molar-refractivity contribution in [3.63, 3.8) is 0 Å². The molecular weight excluding hydrogens is 210 g/mol. The van der Waals surface area contributed by atoms with Gasteiger partial charge in [0.2, 0.25) is 0 Å². The zero-order chi connectivity index (χ0) is 12.0. The molecule has 1 aliphatic rings. The molecule has 0 spiro atoms. The highest BCUT2D eigenvalue weighted by Gasteiger charge is 2.13. The van der Waals surface area contributed by atoms with Crippen molar-refractivity contribution in [1.29, 1.82) is 0 Å². The van der Waals surface area contributed by atoms with Gasteiger partial charge < -0.3 is 9.88 Å². The summed E-state index contributed by atoms with van der Waals surface area (Å²) in [4.78, 5) is 4.52. The van der Waals surface area contributed by atoms with Gasteiger partial charge in [-0.1, -0.05) is 6.07 Å². The molecule has 17 heavy (non-hydrogen) atoms. The fourth-order valence-electron chi connectivity index (χ4n) is 2.58. The van der Waals surface area contributed by atoms with E-state index >= 15 is 0 Å². The van der Waals surface area contributed by atoms with E-state index < -0.39 is 0 Å². The van der Waals surface area contributed by atoms with Crippen LogP contribution in [-0.2, 0) is 6.42 Å². The molecule has 3 nitrogen and oxygen atoms in total. The Bertz CT molecular complexity index is 581. The molecule has 0 saturated carbocycles. The van der Waals surface area contributed by atoms with Crippen LogP contribution in [-0.4, -0.2) is 16.1 Å². The number of aromatic nitrogens is 2. The van der Waals surface area contributed by atoms with Crippen LogP contribution in [0.4, 0.5) is 5.69 Å². The number of hydrogen-bond acceptors (Lipinski definition) is 2. The largest absolute Gasteiger partial charge is 0.384 e. The molecule has 0 aliphatic carbocycles. The lowest BCUT2D eigenvalue weighted by Crippen LogP contribution is -2.00. The fraction of sp³-hybridized carbons (Fsp3) is 0.357. The summed E-state index contributed by atoms with van der Waals surface area (Å²) in [6.45, 7) is 7.29. The summed E-state index contributed by atoms with van der Waals surface area (Å²) in [6, 6.07) is 6.63. The number of anilines is 1. The predicted molar refractivity (Wildman–Crippen MR) is 70.0 cm³/mol. The summed E-state index contributed by atoms with van der Waals surface area (Å²) in [5.74, 6) is 1.05. The zero-order valence-electron chi connectivity index (χ0n) is 10.5. The molecule has 0 amide bonds. The third-order valence-corrected chi connectivity index (χ3v) is 3.57. The third-order valence-electron chi connectivity index (χ3n) is 3.57. The Morgan fingerprint density at radius 2 is 2.06 bits per heavy atom. The van der Waals surface area contributed by atoms with Crippen molar-refractivity contribution in [2.24, 2.45) is 0 Å². The lowest BCUT2D eigenvalue weighted by Gasteiger charge is -2.10. The minimum atomic E-state index is 1.05. The van der Waals surface area contributed by atoms with E-state index in [1.54, 1.807) is 0 Å². The second-order valence-corrected chi connectivity index (χ2v) is 4.68. The first-order chi connectivity index (χ1) is 8.16. The van der Waals surface area contributed by atoms with Crippen LogP contribution in [0.1, 0.15) is 22.8 Å². The molecule has 2 aromatic rings. The van der Waals surface area contributed by atoms with E-state index in [0.29, 0.717) is 0 Å². The zero-order valence-corrected chi connectivity index (χ0v) is 10.5. The second kappa shape index (κ2) is 3.62. The van der Waals surface area contributed by atoms with Crippen LogP contribution in [0.15, 0.2) is 18.2 Å². The van der Waals surface area contributed by atoms with Gasteiger partial charge in [0.15, 0.2) is 0 Å². The number of nitrogens with one attached hydrogen (secondary N) is 1. The average molecular weight is 227 g/mol. The molecule has 0 atom stereocenters. The van der Waals surface area contributed by atoms with E-state index in [2.05, 4.69) is 53.8 Å². The summed E-state index contributed by atoms with van der Waals surface area (Å²) in [5, 5.41) is 3.42. The molecule has 0 radical (unpaired) electrons. The first kappa shape index (κ1) is 10.4. The van der Waals surface area contributed by atoms with Crippen LogP contribution in [0.5, 0.6) is 0 Å². The van der Waals surface area contributed by atoms with Gasteiger partial charge in [-0.05, 0) is 44.9 Å². The van der Waals surface area contributed by atoms with E-state index in [4.69, 9.17) is 0 Å². The molecule has 0 fully saturated rings. The summed E-state index contributed by atoms with van der Waals surface area (Å²) < 4.78 is 2.22. The van der Waals surface area contributed by atoms with Crippen LogP contribution < -0.4 is 5.32 Å². The molecule has 88 valence electrons. The maximum Gasteiger partial charge on any atom is 0.110 e. The number of rotatable bonds is 1. The van der Waals surface area contributed by atoms with E-state index in [0.717, 1.165) is 24.5 Å². The standard InChI is InChI=1S/C14H17N3/c1-9-10(2)17(11(3)16-9)13-5-4-12-6-7-15-14(12)8-13/h4-5,8,15H,6-7H2,1-3H3. The molecule has 0 bridgehead atoms. The van der Waals surface area contributed by atoms with Crippen molar-refractivity contribution in [3.8, 4) is 5.69 Å². The Labute approximate surface area is 101 Å². The van der Waals surface area contributed by atoms with Crippen molar-refractivity contribution in [2.75, 3.05) is 11.9 Å². The number of fused-ring (bicyclic) bond motifs is 1. The van der Waals surface area contributed by atoms with E-state index in [9.17, 15) is 0 Å². The average Bonchev–Trinajstić information content (AvgIpc) is 2.84. The van der Waals surface area contributed by atoms with Gasteiger partial charge >= 0.3 is 0 Å². The van der Waals surface area contributed by atoms with Crippen LogP contribution in [0.3, 0.4) is 0 Å². The Kier molecular flexibility index (Phi) is 2.21. The minimum absolute atomic E-state index is 1.05. The van der Waals surface area contributed by atoms with Crippen molar-refractivity contribution in [2.45, 2.75) is 27.2 Å². The molecule has 2 heterocycles. The fourth-order valence-corrected chi connectivity index (χ4v) is 2.58. The van der Waals surface area contributed by atoms with Crippen LogP contribution >= 0.6 is 0 Å². The molecule has 0 unspecified atom stereocenters. The molecular formula is C14H17N3. The maximum atomic E-state index is 4.52. The molecule has 0 saturated heterocycles. The number of nitrogens with zero attached hydrogens (tertiary/aromatic N) is 2. The minimum Gasteiger partial charge on any atom is -0.384 e. The highest BCUT2D eigenvalue weighted by Crippen LogP contribution is 2.26. The predicted octanol–water partition coefficient (Wildman–Crippen LogP) is 2.77. The van der Waals surface area contributed by atoms with Crippen LogP contribution in [0.2, 0.25) is 0 Å². The third kappa shape index (κ3) is 1.54. The van der Waals surface area contributed by atoms with Crippen molar-refractivity contribution < 1.29 is 0 Å². The van der Waals surface area contributed by atoms with Gasteiger partial charge in [0.05, 0.1) is 5.69 Å². The molecule has 3 rings (SSSR count). The van der Waals surface area contributed by atoms with Gasteiger partial charge in [-0.15, -0.1) is 0 Å². The lowest BCUT2D eigenvalue weighted by atomic mass is 10.1. The summed E-state index contributed by atoms with van der Waals surface area (Å²) >= 11 is 0. The van der Waals surface area contributed by atoms with Crippen LogP contribution in [0, 0.1) is 20.8 Å². The molecule has 1 aliphatic heterocycles. The maximum absolute atomic E-state index is 4.52. The van der Waals surface area contributed by atoms with E-state index in [1.165, 1.54) is 22.6 Å². The summed E-state index contributed by atoms with van der Waals surface area (Å²) in [5.41, 5.74) is 6.22. The second-order valence-electron chi connectivity index (χ2n) is 4.68. The summed E-state index contributed by atoms with van der Waals surface area (Å²) in [7, 11) is 0. The number of hydrogen-bond donors (Lipinski definition) is 1. The first-order valence-corrected chi connectivity index (χ1v) is 6.06. The van der Waals surface area contributed by atoms with Crippen molar-refractivity contribution in [1.82, 2.24) is 9.55 Å². The Hall–Kier alpha value is -1.77. The normalized spacial score (nSPS) is 13.6. The summed E-state index contributed by atoms with van der Waals surface area (Å²) in [6.07, 6.45) is 1.14. The topological polar surface area (TPSA) is 29.9 Å². The Morgan fingerprint density at radius 3 is 2.76 bits per heavy atom. The van der Waals surface area contributed by atoms with Gasteiger partial charge in [0.1, 0.15) is 5.82 Å². The number of benzene rings is 1. The van der Waals surface area contributed by atoms with Gasteiger partial charge in [0.25, 0.3) is 0 Å². The first-order valence-electron chi connectivity index (χ1n) is 6.06. The SMILES string of the molecule is Cc1nc(C)n(-c2ccc3c(c2)NCC3)c1C.